The number of rotatable bonds is 7. The Bertz CT molecular complexity index is 432. The van der Waals surface area contributed by atoms with Gasteiger partial charge in [-0.2, -0.15) is 0 Å². The lowest BCUT2D eigenvalue weighted by Crippen LogP contribution is -2.39. The Morgan fingerprint density at radius 1 is 1.15 bits per heavy atom. The second-order valence-corrected chi connectivity index (χ2v) is 5.04. The first kappa shape index (κ1) is 16.0. The van der Waals surface area contributed by atoms with E-state index >= 15 is 0 Å². The van der Waals surface area contributed by atoms with E-state index in [1.807, 2.05) is 18.2 Å². The van der Waals surface area contributed by atoms with Crippen LogP contribution in [0.4, 0.5) is 4.79 Å². The summed E-state index contributed by atoms with van der Waals surface area (Å²) in [6.07, 6.45) is -0.0697. The first-order chi connectivity index (χ1) is 9.50. The van der Waals surface area contributed by atoms with E-state index < -0.39 is 5.97 Å². The Hall–Kier alpha value is -2.04. The van der Waals surface area contributed by atoms with E-state index in [0.717, 1.165) is 0 Å². The van der Waals surface area contributed by atoms with Crippen LogP contribution >= 0.6 is 0 Å². The molecule has 0 bridgehead atoms. The molecule has 5 nitrogen and oxygen atoms in total. The van der Waals surface area contributed by atoms with Crippen LogP contribution in [-0.4, -0.2) is 30.2 Å². The van der Waals surface area contributed by atoms with Crippen LogP contribution in [0.25, 0.3) is 0 Å². The van der Waals surface area contributed by atoms with Crippen LogP contribution in [0.15, 0.2) is 30.3 Å². The second-order valence-electron chi connectivity index (χ2n) is 5.04. The van der Waals surface area contributed by atoms with Crippen molar-refractivity contribution in [1.82, 2.24) is 10.6 Å². The maximum Gasteiger partial charge on any atom is 0.314 e. The number of carboxylic acid groups (broad SMARTS) is 1. The molecule has 5 heteroatoms. The van der Waals surface area contributed by atoms with Crippen molar-refractivity contribution in [3.8, 4) is 0 Å². The fourth-order valence-corrected chi connectivity index (χ4v) is 1.99. The van der Waals surface area contributed by atoms with Crippen molar-refractivity contribution < 1.29 is 14.7 Å². The summed E-state index contributed by atoms with van der Waals surface area (Å²) in [6, 6.07) is 9.71. The molecular weight excluding hydrogens is 256 g/mol. The quantitative estimate of drug-likeness (QED) is 0.715. The van der Waals surface area contributed by atoms with Gasteiger partial charge in [-0.1, -0.05) is 44.2 Å². The summed E-state index contributed by atoms with van der Waals surface area (Å²) in [6.45, 7) is 4.89. The van der Waals surface area contributed by atoms with Crippen LogP contribution in [0.1, 0.15) is 31.7 Å². The number of amides is 2. The van der Waals surface area contributed by atoms with Gasteiger partial charge < -0.3 is 15.7 Å². The highest BCUT2D eigenvalue weighted by Gasteiger charge is 2.16. The van der Waals surface area contributed by atoms with E-state index in [-0.39, 0.29) is 24.9 Å². The molecule has 2 amide bonds. The zero-order valence-corrected chi connectivity index (χ0v) is 11.9. The second kappa shape index (κ2) is 8.19. The lowest BCUT2D eigenvalue weighted by Gasteiger charge is -2.22. The van der Waals surface area contributed by atoms with Gasteiger partial charge in [-0.25, -0.2) is 4.79 Å². The van der Waals surface area contributed by atoms with Gasteiger partial charge in [0.1, 0.15) is 0 Å². The van der Waals surface area contributed by atoms with Gasteiger partial charge in [-0.15, -0.1) is 0 Å². The lowest BCUT2D eigenvalue weighted by atomic mass is 9.88. The van der Waals surface area contributed by atoms with E-state index in [1.54, 1.807) is 0 Å². The molecule has 1 aromatic carbocycles. The smallest absolute Gasteiger partial charge is 0.314 e. The molecule has 20 heavy (non-hydrogen) atoms. The van der Waals surface area contributed by atoms with Gasteiger partial charge in [-0.05, 0) is 11.5 Å². The largest absolute Gasteiger partial charge is 0.481 e. The fraction of sp³-hybridized carbons (Fsp3) is 0.467. The van der Waals surface area contributed by atoms with Gasteiger partial charge in [0.05, 0.1) is 6.42 Å². The lowest BCUT2D eigenvalue weighted by molar-refractivity contribution is -0.136. The third kappa shape index (κ3) is 5.73. The van der Waals surface area contributed by atoms with Gasteiger partial charge in [-0.3, -0.25) is 4.79 Å². The number of carbonyl (C=O) groups excluding carboxylic acids is 1. The minimum atomic E-state index is -0.922. The third-order valence-electron chi connectivity index (χ3n) is 3.14. The molecule has 0 saturated heterocycles. The number of hydrogen-bond donors (Lipinski definition) is 3. The molecule has 1 atom stereocenters. The molecule has 0 aliphatic carbocycles. The fourth-order valence-electron chi connectivity index (χ4n) is 1.99. The Kier molecular flexibility index (Phi) is 6.56. The molecule has 1 unspecified atom stereocenters. The average Bonchev–Trinajstić information content (AvgIpc) is 2.39. The SMILES string of the molecule is CC(C)C(CNC(=O)NCCC(=O)O)c1ccccc1. The normalized spacial score (nSPS) is 11.9. The summed E-state index contributed by atoms with van der Waals surface area (Å²) >= 11 is 0. The van der Waals surface area contributed by atoms with E-state index in [1.165, 1.54) is 5.56 Å². The van der Waals surface area contributed by atoms with Gasteiger partial charge in [0, 0.05) is 19.0 Å². The summed E-state index contributed by atoms with van der Waals surface area (Å²) < 4.78 is 0. The Balaban J connectivity index is 2.44. The van der Waals surface area contributed by atoms with E-state index in [9.17, 15) is 9.59 Å². The van der Waals surface area contributed by atoms with Gasteiger partial charge in [0.2, 0.25) is 0 Å². The summed E-state index contributed by atoms with van der Waals surface area (Å²) in [5.74, 6) is -0.284. The highest BCUT2D eigenvalue weighted by molar-refractivity contribution is 5.75. The van der Waals surface area contributed by atoms with Crippen molar-refractivity contribution in [2.45, 2.75) is 26.2 Å². The predicted octanol–water partition coefficient (Wildman–Crippen LogP) is 2.20. The molecule has 110 valence electrons. The van der Waals surface area contributed by atoms with Crippen LogP contribution < -0.4 is 10.6 Å². The molecule has 0 aliphatic rings. The van der Waals surface area contributed by atoms with Crippen molar-refractivity contribution in [2.75, 3.05) is 13.1 Å². The van der Waals surface area contributed by atoms with E-state index in [4.69, 9.17) is 5.11 Å². The molecule has 1 aromatic rings. The molecule has 1 rings (SSSR count). The molecule has 0 saturated carbocycles. The van der Waals surface area contributed by atoms with Crippen LogP contribution in [0, 0.1) is 5.92 Å². The molecule has 0 aliphatic heterocycles. The Morgan fingerprint density at radius 3 is 2.35 bits per heavy atom. The molecule has 0 fully saturated rings. The summed E-state index contributed by atoms with van der Waals surface area (Å²) in [5, 5.41) is 13.8. The highest BCUT2D eigenvalue weighted by atomic mass is 16.4. The minimum Gasteiger partial charge on any atom is -0.481 e. The molecule has 0 spiro atoms. The van der Waals surface area contributed by atoms with Crippen molar-refractivity contribution in [3.63, 3.8) is 0 Å². The summed E-state index contributed by atoms with van der Waals surface area (Å²) in [5.41, 5.74) is 1.19. The minimum absolute atomic E-state index is 0.0697. The molecule has 0 radical (unpaired) electrons. The maximum absolute atomic E-state index is 11.6. The monoisotopic (exact) mass is 278 g/mol. The van der Waals surface area contributed by atoms with Crippen LogP contribution in [0.3, 0.4) is 0 Å². The number of carbonyl (C=O) groups is 2. The Morgan fingerprint density at radius 2 is 1.80 bits per heavy atom. The van der Waals surface area contributed by atoms with Crippen LogP contribution in [-0.2, 0) is 4.79 Å². The number of nitrogens with one attached hydrogen (secondary N) is 2. The molecule has 3 N–H and O–H groups in total. The molecular formula is C15H22N2O3. The van der Waals surface area contributed by atoms with E-state index in [2.05, 4.69) is 36.6 Å². The predicted molar refractivity (Wildman–Crippen MR) is 77.7 cm³/mol. The number of aliphatic carboxylic acids is 1. The van der Waals surface area contributed by atoms with E-state index in [0.29, 0.717) is 12.5 Å². The average molecular weight is 278 g/mol. The maximum atomic E-state index is 11.6. The van der Waals surface area contributed by atoms with Gasteiger partial charge in [0.15, 0.2) is 0 Å². The molecule has 0 heterocycles. The molecule has 0 aromatic heterocycles. The van der Waals surface area contributed by atoms with Crippen molar-refractivity contribution in [3.05, 3.63) is 35.9 Å². The van der Waals surface area contributed by atoms with Crippen LogP contribution in [0.2, 0.25) is 0 Å². The number of carboxylic acids is 1. The van der Waals surface area contributed by atoms with Crippen molar-refractivity contribution in [1.29, 1.82) is 0 Å². The first-order valence-corrected chi connectivity index (χ1v) is 6.79. The van der Waals surface area contributed by atoms with Crippen molar-refractivity contribution in [2.24, 2.45) is 5.92 Å². The Labute approximate surface area is 119 Å². The zero-order chi connectivity index (χ0) is 15.0. The standard InChI is InChI=1S/C15H22N2O3/c1-11(2)13(12-6-4-3-5-7-12)10-17-15(20)16-9-8-14(18)19/h3-7,11,13H,8-10H2,1-2H3,(H,18,19)(H2,16,17,20). The first-order valence-electron chi connectivity index (χ1n) is 6.79. The number of hydrogen-bond acceptors (Lipinski definition) is 2. The zero-order valence-electron chi connectivity index (χ0n) is 11.9. The summed E-state index contributed by atoms with van der Waals surface area (Å²) in [7, 11) is 0. The number of benzene rings is 1. The number of urea groups is 1. The van der Waals surface area contributed by atoms with Crippen LogP contribution in [0.5, 0.6) is 0 Å². The topological polar surface area (TPSA) is 78.4 Å². The highest BCUT2D eigenvalue weighted by Crippen LogP contribution is 2.23. The third-order valence-corrected chi connectivity index (χ3v) is 3.14. The van der Waals surface area contributed by atoms with Crippen molar-refractivity contribution >= 4 is 12.0 Å². The van der Waals surface area contributed by atoms with Gasteiger partial charge >= 0.3 is 12.0 Å². The summed E-state index contributed by atoms with van der Waals surface area (Å²) in [4.78, 5) is 21.9. The van der Waals surface area contributed by atoms with Gasteiger partial charge in [0.25, 0.3) is 0 Å².